The summed E-state index contributed by atoms with van der Waals surface area (Å²) in [6.07, 6.45) is 5.53. The Morgan fingerprint density at radius 2 is 2.00 bits per heavy atom. The lowest BCUT2D eigenvalue weighted by Crippen LogP contribution is -2.11. The minimum absolute atomic E-state index is 0. The van der Waals surface area contributed by atoms with E-state index in [4.69, 9.17) is 9.62 Å². The predicted octanol–water partition coefficient (Wildman–Crippen LogP) is 3.38. The number of aromatic nitrogens is 6. The normalized spacial score (nSPS) is 13.1. The molecule has 8 nitrogen and oxygen atoms in total. The van der Waals surface area contributed by atoms with E-state index in [9.17, 15) is 0 Å². The van der Waals surface area contributed by atoms with Gasteiger partial charge in [0.15, 0.2) is 11.6 Å². The summed E-state index contributed by atoms with van der Waals surface area (Å²) >= 11 is 0. The standard InChI is InChI=1S/C20H21N7O.2ClH/c1-2-5-15(6-3-1)20-23-18(25-28-20)7-11-26-12-9-22-19(26)17-13-16-14-21-8-4-10-27(16)24-17;;/h1-3,5-6,9,12-13,21H,4,7-8,10-11,14H2;2*1H. The van der Waals surface area contributed by atoms with Crippen LogP contribution in [-0.2, 0) is 26.1 Å². The van der Waals surface area contributed by atoms with E-state index in [-0.39, 0.29) is 24.8 Å². The first-order valence-corrected chi connectivity index (χ1v) is 9.54. The highest BCUT2D eigenvalue weighted by atomic mass is 35.5. The van der Waals surface area contributed by atoms with Gasteiger partial charge in [0.25, 0.3) is 5.89 Å². The second-order valence-electron chi connectivity index (χ2n) is 6.85. The molecule has 0 radical (unpaired) electrons. The van der Waals surface area contributed by atoms with Crippen LogP contribution in [0.4, 0.5) is 0 Å². The van der Waals surface area contributed by atoms with Crippen molar-refractivity contribution in [1.82, 2.24) is 34.8 Å². The SMILES string of the molecule is Cl.Cl.c1ccc(-c2nc(CCn3ccnc3-c3cc4n(n3)CCCNC4)no2)cc1. The highest BCUT2D eigenvalue weighted by Gasteiger charge is 2.16. The number of hydrogen-bond donors (Lipinski definition) is 1. The lowest BCUT2D eigenvalue weighted by molar-refractivity contribution is 0.420. The fourth-order valence-corrected chi connectivity index (χ4v) is 3.47. The van der Waals surface area contributed by atoms with Gasteiger partial charge in [0, 0.05) is 44.0 Å². The third-order valence-corrected chi connectivity index (χ3v) is 4.90. The van der Waals surface area contributed by atoms with Gasteiger partial charge in [-0.25, -0.2) is 4.98 Å². The van der Waals surface area contributed by atoms with Gasteiger partial charge in [-0.3, -0.25) is 4.68 Å². The topological polar surface area (TPSA) is 86.6 Å². The molecular formula is C20H23Cl2N7O. The fraction of sp³-hybridized carbons (Fsp3) is 0.300. The molecule has 0 fully saturated rings. The van der Waals surface area contributed by atoms with Crippen LogP contribution < -0.4 is 5.32 Å². The summed E-state index contributed by atoms with van der Waals surface area (Å²) in [6.45, 7) is 3.53. The Kier molecular flexibility index (Phi) is 7.25. The number of halogens is 2. The number of hydrogen-bond acceptors (Lipinski definition) is 6. The molecule has 1 N–H and O–H groups in total. The Hall–Kier alpha value is -2.68. The van der Waals surface area contributed by atoms with E-state index in [1.54, 1.807) is 0 Å². The van der Waals surface area contributed by atoms with Crippen LogP contribution in [0.2, 0.25) is 0 Å². The molecule has 5 rings (SSSR count). The Balaban J connectivity index is 0.00000128. The number of fused-ring (bicyclic) bond motifs is 1. The highest BCUT2D eigenvalue weighted by Crippen LogP contribution is 2.20. The molecule has 0 bridgehead atoms. The summed E-state index contributed by atoms with van der Waals surface area (Å²) in [5.74, 6) is 2.10. The monoisotopic (exact) mass is 447 g/mol. The van der Waals surface area contributed by atoms with Crippen LogP contribution >= 0.6 is 24.8 Å². The van der Waals surface area contributed by atoms with Crippen LogP contribution in [0.1, 0.15) is 17.9 Å². The van der Waals surface area contributed by atoms with Crippen LogP contribution in [0.5, 0.6) is 0 Å². The van der Waals surface area contributed by atoms with Crippen molar-refractivity contribution in [1.29, 1.82) is 0 Å². The number of rotatable bonds is 5. The van der Waals surface area contributed by atoms with Gasteiger partial charge in [-0.15, -0.1) is 24.8 Å². The van der Waals surface area contributed by atoms with Crippen molar-refractivity contribution >= 4 is 24.8 Å². The molecule has 158 valence electrons. The van der Waals surface area contributed by atoms with Crippen molar-refractivity contribution in [3.63, 3.8) is 0 Å². The van der Waals surface area contributed by atoms with Crippen molar-refractivity contribution in [2.24, 2.45) is 0 Å². The van der Waals surface area contributed by atoms with E-state index >= 15 is 0 Å². The summed E-state index contributed by atoms with van der Waals surface area (Å²) in [5, 5.41) is 12.3. The summed E-state index contributed by atoms with van der Waals surface area (Å²) < 4.78 is 9.57. The zero-order valence-corrected chi connectivity index (χ0v) is 17.9. The number of aryl methyl sites for hydroxylation is 3. The maximum atomic E-state index is 5.39. The van der Waals surface area contributed by atoms with E-state index in [1.165, 1.54) is 5.69 Å². The van der Waals surface area contributed by atoms with E-state index in [1.807, 2.05) is 42.7 Å². The number of nitrogens with zero attached hydrogens (tertiary/aromatic N) is 6. The lowest BCUT2D eigenvalue weighted by Gasteiger charge is -2.04. The third-order valence-electron chi connectivity index (χ3n) is 4.90. The Labute approximate surface area is 186 Å². The predicted molar refractivity (Wildman–Crippen MR) is 118 cm³/mol. The Morgan fingerprint density at radius 3 is 2.87 bits per heavy atom. The summed E-state index contributed by atoms with van der Waals surface area (Å²) in [4.78, 5) is 9.03. The molecule has 0 aliphatic carbocycles. The second kappa shape index (κ2) is 9.88. The molecule has 0 amide bonds. The largest absolute Gasteiger partial charge is 0.334 e. The van der Waals surface area contributed by atoms with E-state index in [2.05, 4.69) is 35.8 Å². The summed E-state index contributed by atoms with van der Waals surface area (Å²) in [7, 11) is 0. The van der Waals surface area contributed by atoms with Crippen molar-refractivity contribution in [3.05, 3.63) is 60.3 Å². The van der Waals surface area contributed by atoms with Gasteiger partial charge in [-0.05, 0) is 31.2 Å². The van der Waals surface area contributed by atoms with Crippen molar-refractivity contribution in [3.8, 4) is 23.0 Å². The fourth-order valence-electron chi connectivity index (χ4n) is 3.47. The molecule has 30 heavy (non-hydrogen) atoms. The average molecular weight is 448 g/mol. The first-order valence-electron chi connectivity index (χ1n) is 9.54. The maximum absolute atomic E-state index is 5.39. The first kappa shape index (κ1) is 22.0. The van der Waals surface area contributed by atoms with Crippen molar-refractivity contribution in [2.75, 3.05) is 6.54 Å². The molecule has 1 aromatic carbocycles. The van der Waals surface area contributed by atoms with Crippen LogP contribution in [0.25, 0.3) is 23.0 Å². The second-order valence-corrected chi connectivity index (χ2v) is 6.85. The average Bonchev–Trinajstić information content (AvgIpc) is 3.44. The summed E-state index contributed by atoms with van der Waals surface area (Å²) in [5.41, 5.74) is 3.03. The molecule has 0 saturated carbocycles. The van der Waals surface area contributed by atoms with Crippen LogP contribution in [0.15, 0.2) is 53.3 Å². The van der Waals surface area contributed by atoms with Gasteiger partial charge in [-0.2, -0.15) is 10.1 Å². The first-order chi connectivity index (χ1) is 13.9. The van der Waals surface area contributed by atoms with Gasteiger partial charge in [0.2, 0.25) is 0 Å². The minimum Gasteiger partial charge on any atom is -0.334 e. The maximum Gasteiger partial charge on any atom is 0.257 e. The van der Waals surface area contributed by atoms with Crippen LogP contribution in [0.3, 0.4) is 0 Å². The molecule has 3 aromatic heterocycles. The Morgan fingerprint density at radius 1 is 1.13 bits per heavy atom. The van der Waals surface area contributed by atoms with Gasteiger partial charge in [0.1, 0.15) is 5.69 Å². The van der Waals surface area contributed by atoms with Crippen molar-refractivity contribution in [2.45, 2.75) is 32.5 Å². The molecule has 1 aliphatic heterocycles. The molecular weight excluding hydrogens is 425 g/mol. The number of benzene rings is 1. The third kappa shape index (κ3) is 4.56. The van der Waals surface area contributed by atoms with Gasteiger partial charge >= 0.3 is 0 Å². The molecule has 4 aromatic rings. The van der Waals surface area contributed by atoms with Crippen LogP contribution in [-0.4, -0.2) is 36.0 Å². The minimum atomic E-state index is 0. The number of nitrogens with one attached hydrogen (secondary N) is 1. The molecule has 0 atom stereocenters. The summed E-state index contributed by atoms with van der Waals surface area (Å²) in [6, 6.07) is 11.9. The quantitative estimate of drug-likeness (QED) is 0.504. The van der Waals surface area contributed by atoms with Gasteiger partial charge in [0.05, 0.1) is 5.69 Å². The van der Waals surface area contributed by atoms with Gasteiger partial charge < -0.3 is 14.4 Å². The molecule has 1 aliphatic rings. The molecule has 10 heteroatoms. The van der Waals surface area contributed by atoms with Gasteiger partial charge in [-0.1, -0.05) is 23.4 Å². The zero-order valence-electron chi connectivity index (χ0n) is 16.3. The van der Waals surface area contributed by atoms with Crippen molar-refractivity contribution < 1.29 is 4.52 Å². The van der Waals surface area contributed by atoms with E-state index in [0.29, 0.717) is 24.7 Å². The highest BCUT2D eigenvalue weighted by molar-refractivity contribution is 5.85. The number of imidazole rings is 1. The van der Waals surface area contributed by atoms with E-state index in [0.717, 1.165) is 43.1 Å². The smallest absolute Gasteiger partial charge is 0.257 e. The Bertz CT molecular complexity index is 1050. The molecule has 0 saturated heterocycles. The van der Waals surface area contributed by atoms with E-state index < -0.39 is 0 Å². The molecule has 0 spiro atoms. The molecule has 4 heterocycles. The lowest BCUT2D eigenvalue weighted by atomic mass is 10.2. The molecule has 0 unspecified atom stereocenters. The van der Waals surface area contributed by atoms with Crippen LogP contribution in [0, 0.1) is 0 Å². The zero-order chi connectivity index (χ0) is 18.8.